The molecule has 1 rings (SSSR count). The van der Waals surface area contributed by atoms with Gasteiger partial charge < -0.3 is 9.73 Å². The number of rotatable bonds is 4. The van der Waals surface area contributed by atoms with Crippen molar-refractivity contribution in [3.05, 3.63) is 11.8 Å². The van der Waals surface area contributed by atoms with Gasteiger partial charge in [0.1, 0.15) is 0 Å². The van der Waals surface area contributed by atoms with Crippen molar-refractivity contribution in [3.8, 4) is 0 Å². The number of hydrogen-bond donors (Lipinski definition) is 1. The molecular weight excluding hydrogens is 154 g/mol. The third-order valence-corrected chi connectivity index (χ3v) is 1.57. The molecule has 1 N–H and O–H groups in total. The first kappa shape index (κ1) is 9.19. The largest absolute Gasteiger partial charge is 0.425 e. The van der Waals surface area contributed by atoms with Gasteiger partial charge in [0.15, 0.2) is 0 Å². The Kier molecular flexibility index (Phi) is 3.22. The first-order valence-corrected chi connectivity index (χ1v) is 4.21. The number of likely N-dealkylation sites (N-methyl/N-ethyl adjacent to an activating group) is 1. The molecule has 0 aromatic carbocycles. The van der Waals surface area contributed by atoms with E-state index in [9.17, 15) is 0 Å². The predicted octanol–water partition coefficient (Wildman–Crippen LogP) is 0.955. The molecule has 12 heavy (non-hydrogen) atoms. The maximum Gasteiger partial charge on any atom is 0.219 e. The average molecular weight is 169 g/mol. The standard InChI is InChI=1S/C8H15N3O/c1-6(2)8-11-10-7(12-8)4-5-9-3/h6,9H,4-5H2,1-3H3. The summed E-state index contributed by atoms with van der Waals surface area (Å²) >= 11 is 0. The van der Waals surface area contributed by atoms with Gasteiger partial charge >= 0.3 is 0 Å². The molecule has 0 saturated carbocycles. The fourth-order valence-electron chi connectivity index (χ4n) is 0.833. The lowest BCUT2D eigenvalue weighted by atomic mass is 10.2. The molecule has 0 spiro atoms. The highest BCUT2D eigenvalue weighted by molar-refractivity contribution is 4.87. The number of aromatic nitrogens is 2. The minimum Gasteiger partial charge on any atom is -0.425 e. The van der Waals surface area contributed by atoms with Crippen LogP contribution in [0.3, 0.4) is 0 Å². The van der Waals surface area contributed by atoms with E-state index in [-0.39, 0.29) is 0 Å². The van der Waals surface area contributed by atoms with E-state index in [1.807, 2.05) is 20.9 Å². The van der Waals surface area contributed by atoms with Crippen LogP contribution in [-0.4, -0.2) is 23.8 Å². The maximum absolute atomic E-state index is 5.38. The Morgan fingerprint density at radius 2 is 2.17 bits per heavy atom. The summed E-state index contributed by atoms with van der Waals surface area (Å²) in [6.45, 7) is 4.95. The van der Waals surface area contributed by atoms with Crippen LogP contribution in [-0.2, 0) is 6.42 Å². The molecule has 1 aromatic heterocycles. The molecule has 0 fully saturated rings. The normalized spacial score (nSPS) is 11.0. The van der Waals surface area contributed by atoms with Crippen molar-refractivity contribution in [1.29, 1.82) is 0 Å². The maximum atomic E-state index is 5.38. The van der Waals surface area contributed by atoms with Crippen molar-refractivity contribution in [2.75, 3.05) is 13.6 Å². The minimum absolute atomic E-state index is 0.320. The molecule has 1 heterocycles. The Labute approximate surface area is 72.4 Å². The monoisotopic (exact) mass is 169 g/mol. The minimum atomic E-state index is 0.320. The highest BCUT2D eigenvalue weighted by atomic mass is 16.4. The lowest BCUT2D eigenvalue weighted by Gasteiger charge is -1.94. The van der Waals surface area contributed by atoms with E-state index < -0.39 is 0 Å². The smallest absolute Gasteiger partial charge is 0.219 e. The number of hydrogen-bond acceptors (Lipinski definition) is 4. The molecule has 0 radical (unpaired) electrons. The summed E-state index contributed by atoms with van der Waals surface area (Å²) in [7, 11) is 1.90. The van der Waals surface area contributed by atoms with Crippen LogP contribution in [0.5, 0.6) is 0 Å². The van der Waals surface area contributed by atoms with Crippen LogP contribution < -0.4 is 5.32 Å². The van der Waals surface area contributed by atoms with Crippen molar-refractivity contribution < 1.29 is 4.42 Å². The van der Waals surface area contributed by atoms with E-state index in [2.05, 4.69) is 15.5 Å². The molecule has 0 aliphatic heterocycles. The molecule has 0 atom stereocenters. The van der Waals surface area contributed by atoms with Crippen molar-refractivity contribution >= 4 is 0 Å². The van der Waals surface area contributed by atoms with E-state index in [1.165, 1.54) is 0 Å². The second-order valence-corrected chi connectivity index (χ2v) is 3.04. The molecule has 0 unspecified atom stereocenters. The summed E-state index contributed by atoms with van der Waals surface area (Å²) in [4.78, 5) is 0. The molecule has 0 aliphatic carbocycles. The molecule has 4 heteroatoms. The zero-order valence-electron chi connectivity index (χ0n) is 7.79. The summed E-state index contributed by atoms with van der Waals surface area (Å²) in [6.07, 6.45) is 0.802. The van der Waals surface area contributed by atoms with Crippen molar-refractivity contribution in [3.63, 3.8) is 0 Å². The van der Waals surface area contributed by atoms with Gasteiger partial charge in [-0.05, 0) is 7.05 Å². The zero-order chi connectivity index (χ0) is 8.97. The third kappa shape index (κ3) is 2.30. The molecule has 0 amide bonds. The van der Waals surface area contributed by atoms with Crippen LogP contribution >= 0.6 is 0 Å². The van der Waals surface area contributed by atoms with Gasteiger partial charge in [0.05, 0.1) is 0 Å². The molecule has 68 valence electrons. The fraction of sp³-hybridized carbons (Fsp3) is 0.750. The quantitative estimate of drug-likeness (QED) is 0.729. The predicted molar refractivity (Wildman–Crippen MR) is 46.0 cm³/mol. The molecule has 0 bridgehead atoms. The second kappa shape index (κ2) is 4.21. The lowest BCUT2D eigenvalue weighted by Crippen LogP contribution is -2.10. The Bertz CT molecular complexity index is 232. The SMILES string of the molecule is CNCCc1nnc(C(C)C)o1. The Morgan fingerprint density at radius 1 is 1.42 bits per heavy atom. The highest BCUT2D eigenvalue weighted by Crippen LogP contribution is 2.11. The van der Waals surface area contributed by atoms with Gasteiger partial charge in [-0.2, -0.15) is 0 Å². The van der Waals surface area contributed by atoms with Crippen molar-refractivity contribution in [1.82, 2.24) is 15.5 Å². The van der Waals surface area contributed by atoms with Gasteiger partial charge in [-0.3, -0.25) is 0 Å². The van der Waals surface area contributed by atoms with Gasteiger partial charge in [0.2, 0.25) is 11.8 Å². The first-order chi connectivity index (χ1) is 5.74. The highest BCUT2D eigenvalue weighted by Gasteiger charge is 2.08. The van der Waals surface area contributed by atoms with E-state index in [0.29, 0.717) is 11.8 Å². The van der Waals surface area contributed by atoms with Crippen LogP contribution in [0.4, 0.5) is 0 Å². The summed E-state index contributed by atoms with van der Waals surface area (Å²) in [5, 5.41) is 10.9. The van der Waals surface area contributed by atoms with Crippen molar-refractivity contribution in [2.24, 2.45) is 0 Å². The molecule has 1 aromatic rings. The summed E-state index contributed by atoms with van der Waals surface area (Å²) in [6, 6.07) is 0. The van der Waals surface area contributed by atoms with Crippen LogP contribution in [0.25, 0.3) is 0 Å². The Morgan fingerprint density at radius 3 is 2.67 bits per heavy atom. The van der Waals surface area contributed by atoms with Crippen LogP contribution in [0, 0.1) is 0 Å². The van der Waals surface area contributed by atoms with E-state index in [1.54, 1.807) is 0 Å². The second-order valence-electron chi connectivity index (χ2n) is 3.04. The third-order valence-electron chi connectivity index (χ3n) is 1.57. The van der Waals surface area contributed by atoms with Gasteiger partial charge in [-0.1, -0.05) is 13.8 Å². The summed E-state index contributed by atoms with van der Waals surface area (Å²) < 4.78 is 5.38. The van der Waals surface area contributed by atoms with Gasteiger partial charge in [-0.15, -0.1) is 10.2 Å². The van der Waals surface area contributed by atoms with E-state index in [4.69, 9.17) is 4.42 Å². The molecule has 0 aliphatic rings. The van der Waals surface area contributed by atoms with E-state index >= 15 is 0 Å². The van der Waals surface area contributed by atoms with E-state index in [0.717, 1.165) is 18.9 Å². The molecule has 0 saturated heterocycles. The molecule has 4 nitrogen and oxygen atoms in total. The number of nitrogens with one attached hydrogen (secondary N) is 1. The van der Waals surface area contributed by atoms with Gasteiger partial charge in [0, 0.05) is 18.9 Å². The number of nitrogens with zero attached hydrogens (tertiary/aromatic N) is 2. The van der Waals surface area contributed by atoms with Gasteiger partial charge in [-0.25, -0.2) is 0 Å². The summed E-state index contributed by atoms with van der Waals surface area (Å²) in [5.41, 5.74) is 0. The first-order valence-electron chi connectivity index (χ1n) is 4.21. The zero-order valence-corrected chi connectivity index (χ0v) is 7.79. The lowest BCUT2D eigenvalue weighted by molar-refractivity contribution is 0.430. The van der Waals surface area contributed by atoms with Crippen LogP contribution in [0.15, 0.2) is 4.42 Å². The van der Waals surface area contributed by atoms with Crippen LogP contribution in [0.2, 0.25) is 0 Å². The fourth-order valence-corrected chi connectivity index (χ4v) is 0.833. The Hall–Kier alpha value is -0.900. The van der Waals surface area contributed by atoms with Gasteiger partial charge in [0.25, 0.3) is 0 Å². The molecular formula is C8H15N3O. The topological polar surface area (TPSA) is 51.0 Å². The average Bonchev–Trinajstić information content (AvgIpc) is 2.48. The van der Waals surface area contributed by atoms with Crippen molar-refractivity contribution in [2.45, 2.75) is 26.2 Å². The summed E-state index contributed by atoms with van der Waals surface area (Å²) in [5.74, 6) is 1.76. The Balaban J connectivity index is 2.52. The van der Waals surface area contributed by atoms with Crippen LogP contribution in [0.1, 0.15) is 31.5 Å².